The second-order valence-electron chi connectivity index (χ2n) is 13.5. The number of hydrogen-bond acceptors (Lipinski definition) is 6. The summed E-state index contributed by atoms with van der Waals surface area (Å²) in [5.41, 5.74) is 7.91. The second-order valence-corrected chi connectivity index (χ2v) is 13.5. The maximum atomic E-state index is 13.5. The van der Waals surface area contributed by atoms with E-state index in [1.165, 1.54) is 39.0 Å². The number of ether oxygens (including phenoxy) is 1. The number of aryl methyl sites for hydroxylation is 1. The summed E-state index contributed by atoms with van der Waals surface area (Å²) in [5.74, 6) is 0.218. The fraction of sp³-hybridized carbons (Fsp3) is 0.595. The Balaban J connectivity index is 1.45. The maximum absolute atomic E-state index is 13.5. The molecule has 2 aromatic rings. The largest absolute Gasteiger partial charge is 0.493 e. The number of aliphatic hydroxyl groups excluding tert-OH is 1. The Morgan fingerprint density at radius 3 is 2.40 bits per heavy atom. The van der Waals surface area contributed by atoms with E-state index in [-0.39, 0.29) is 48.9 Å². The van der Waals surface area contributed by atoms with E-state index in [0.717, 1.165) is 24.0 Å². The molecule has 2 saturated carbocycles. The third-order valence-electron chi connectivity index (χ3n) is 10.1. The second kappa shape index (κ2) is 16.4. The SMILES string of the molecule is CC(=O)N[C@@H]1C(=O)C(N)(C(CCCC2CCCCC2)C[C@H](O)C(Cc2ccccc2)NC(=O)CCOc2ccc(C)cc2)C1C. The van der Waals surface area contributed by atoms with E-state index in [1.807, 2.05) is 68.4 Å². The Labute approximate surface area is 268 Å². The first-order valence-corrected chi connectivity index (χ1v) is 16.9. The van der Waals surface area contributed by atoms with Gasteiger partial charge in [-0.3, -0.25) is 14.4 Å². The van der Waals surface area contributed by atoms with Gasteiger partial charge in [0, 0.05) is 12.8 Å². The van der Waals surface area contributed by atoms with E-state index in [9.17, 15) is 19.5 Å². The van der Waals surface area contributed by atoms with Gasteiger partial charge in [0.05, 0.1) is 36.8 Å². The quantitative estimate of drug-likeness (QED) is 0.209. The van der Waals surface area contributed by atoms with Crippen molar-refractivity contribution in [1.82, 2.24) is 10.6 Å². The molecule has 2 amide bonds. The molecule has 0 spiro atoms. The van der Waals surface area contributed by atoms with Crippen LogP contribution < -0.4 is 21.1 Å². The van der Waals surface area contributed by atoms with Crippen molar-refractivity contribution in [3.8, 4) is 5.75 Å². The van der Waals surface area contributed by atoms with Gasteiger partial charge in [0.1, 0.15) is 5.75 Å². The molecule has 45 heavy (non-hydrogen) atoms. The molecule has 2 aliphatic carbocycles. The van der Waals surface area contributed by atoms with Gasteiger partial charge in [-0.1, -0.05) is 99.9 Å². The number of carbonyl (C=O) groups is 3. The molecule has 0 bridgehead atoms. The van der Waals surface area contributed by atoms with Gasteiger partial charge in [0.15, 0.2) is 5.78 Å². The van der Waals surface area contributed by atoms with Crippen molar-refractivity contribution in [3.05, 3.63) is 65.7 Å². The lowest BCUT2D eigenvalue weighted by Crippen LogP contribution is -2.78. The van der Waals surface area contributed by atoms with E-state index >= 15 is 0 Å². The van der Waals surface area contributed by atoms with Crippen molar-refractivity contribution in [1.29, 1.82) is 0 Å². The Morgan fingerprint density at radius 1 is 1.07 bits per heavy atom. The summed E-state index contributed by atoms with van der Waals surface area (Å²) in [6.07, 6.45) is 9.03. The molecule has 5 N–H and O–H groups in total. The number of benzene rings is 2. The number of rotatable bonds is 16. The van der Waals surface area contributed by atoms with Gasteiger partial charge in [0.25, 0.3) is 0 Å². The van der Waals surface area contributed by atoms with E-state index in [1.54, 1.807) is 0 Å². The molecule has 8 nitrogen and oxygen atoms in total. The number of Topliss-reactive ketones (excluding diaryl/α,β-unsaturated/α-hetero) is 1. The number of ketones is 1. The third-order valence-corrected chi connectivity index (χ3v) is 10.1. The lowest BCUT2D eigenvalue weighted by atomic mass is 9.55. The van der Waals surface area contributed by atoms with Crippen molar-refractivity contribution in [2.75, 3.05) is 6.61 Å². The van der Waals surface area contributed by atoms with Crippen LogP contribution in [0.4, 0.5) is 0 Å². The summed E-state index contributed by atoms with van der Waals surface area (Å²) >= 11 is 0. The van der Waals surface area contributed by atoms with Crippen LogP contribution in [0.3, 0.4) is 0 Å². The summed E-state index contributed by atoms with van der Waals surface area (Å²) in [4.78, 5) is 38.4. The summed E-state index contributed by atoms with van der Waals surface area (Å²) in [6, 6.07) is 16.3. The zero-order valence-electron chi connectivity index (χ0n) is 27.3. The smallest absolute Gasteiger partial charge is 0.223 e. The predicted octanol–water partition coefficient (Wildman–Crippen LogP) is 5.03. The van der Waals surface area contributed by atoms with Crippen LogP contribution in [0.5, 0.6) is 5.75 Å². The lowest BCUT2D eigenvalue weighted by Gasteiger charge is -2.54. The standard InChI is InChI=1S/C37H53N3O5/c1-25-17-19-31(20-18-25)45-22-21-34(43)40-32(23-29-13-8-5-9-14-29)33(42)24-30(16-10-15-28-11-6-4-7-12-28)37(38)26(2)35(36(37)44)39-27(3)41/h5,8-9,13-14,17-20,26,28,30,32-33,35,42H,4,6-7,10-12,15-16,21-24,38H2,1-3H3,(H,39,41)(H,40,43)/t26?,30?,32?,33-,35-,37?/m0/s1. The minimum absolute atomic E-state index is 0.144. The van der Waals surface area contributed by atoms with Gasteiger partial charge in [0.2, 0.25) is 11.8 Å². The van der Waals surface area contributed by atoms with Crippen LogP contribution in [-0.2, 0) is 20.8 Å². The number of nitrogens with two attached hydrogens (primary N) is 1. The number of nitrogens with one attached hydrogen (secondary N) is 2. The molecule has 2 fully saturated rings. The fourth-order valence-electron chi connectivity index (χ4n) is 7.35. The van der Waals surface area contributed by atoms with Crippen LogP contribution in [0.15, 0.2) is 54.6 Å². The molecule has 0 radical (unpaired) electrons. The molecule has 2 aromatic carbocycles. The van der Waals surface area contributed by atoms with Crippen molar-refractivity contribution in [3.63, 3.8) is 0 Å². The summed E-state index contributed by atoms with van der Waals surface area (Å²) in [6.45, 7) is 5.55. The molecule has 0 aliphatic heterocycles. The number of amides is 2. The highest BCUT2D eigenvalue weighted by Crippen LogP contribution is 2.43. The highest BCUT2D eigenvalue weighted by Gasteiger charge is 2.61. The van der Waals surface area contributed by atoms with Crippen molar-refractivity contribution < 1.29 is 24.2 Å². The first kappa shape index (κ1) is 34.6. The van der Waals surface area contributed by atoms with E-state index in [2.05, 4.69) is 10.6 Å². The highest BCUT2D eigenvalue weighted by molar-refractivity contribution is 6.02. The van der Waals surface area contributed by atoms with Crippen LogP contribution >= 0.6 is 0 Å². The third kappa shape index (κ3) is 9.39. The zero-order chi connectivity index (χ0) is 32.4. The van der Waals surface area contributed by atoms with Crippen molar-refractivity contribution >= 4 is 17.6 Å². The average molecular weight is 620 g/mol. The van der Waals surface area contributed by atoms with Gasteiger partial charge in [-0.05, 0) is 55.7 Å². The Bertz CT molecular complexity index is 1250. The van der Waals surface area contributed by atoms with Gasteiger partial charge >= 0.3 is 0 Å². The van der Waals surface area contributed by atoms with Crippen LogP contribution in [0, 0.1) is 24.7 Å². The van der Waals surface area contributed by atoms with Gasteiger partial charge in [-0.15, -0.1) is 0 Å². The summed E-state index contributed by atoms with van der Waals surface area (Å²) < 4.78 is 5.77. The van der Waals surface area contributed by atoms with Crippen LogP contribution in [-0.4, -0.2) is 53.0 Å². The van der Waals surface area contributed by atoms with E-state index < -0.39 is 23.7 Å². The van der Waals surface area contributed by atoms with Gasteiger partial charge in [-0.2, -0.15) is 0 Å². The molecular formula is C37H53N3O5. The molecule has 8 heteroatoms. The Morgan fingerprint density at radius 2 is 1.76 bits per heavy atom. The van der Waals surface area contributed by atoms with Crippen molar-refractivity contribution in [2.45, 2.75) is 115 Å². The molecule has 246 valence electrons. The highest BCUT2D eigenvalue weighted by atomic mass is 16.5. The normalized spacial score (nSPS) is 23.8. The predicted molar refractivity (Wildman–Crippen MR) is 177 cm³/mol. The maximum Gasteiger partial charge on any atom is 0.223 e. The molecule has 2 aliphatic rings. The molecule has 4 unspecified atom stereocenters. The van der Waals surface area contributed by atoms with E-state index in [0.29, 0.717) is 24.5 Å². The van der Waals surface area contributed by atoms with Gasteiger partial charge < -0.3 is 26.2 Å². The molecule has 0 heterocycles. The number of aliphatic hydroxyl groups is 1. The number of carbonyl (C=O) groups excluding carboxylic acids is 3. The summed E-state index contributed by atoms with van der Waals surface area (Å²) in [5, 5.41) is 17.6. The topological polar surface area (TPSA) is 131 Å². The fourth-order valence-corrected chi connectivity index (χ4v) is 7.35. The molecule has 6 atom stereocenters. The van der Waals surface area contributed by atoms with Crippen molar-refractivity contribution in [2.24, 2.45) is 23.5 Å². The monoisotopic (exact) mass is 619 g/mol. The average Bonchev–Trinajstić information content (AvgIpc) is 3.04. The Hall–Kier alpha value is -3.23. The molecule has 0 saturated heterocycles. The zero-order valence-corrected chi connectivity index (χ0v) is 27.3. The van der Waals surface area contributed by atoms with Crippen LogP contribution in [0.1, 0.15) is 89.2 Å². The summed E-state index contributed by atoms with van der Waals surface area (Å²) in [7, 11) is 0. The minimum Gasteiger partial charge on any atom is -0.493 e. The Kier molecular flexibility index (Phi) is 12.6. The number of hydrogen-bond donors (Lipinski definition) is 4. The van der Waals surface area contributed by atoms with E-state index in [4.69, 9.17) is 10.5 Å². The minimum atomic E-state index is -1.15. The lowest BCUT2D eigenvalue weighted by molar-refractivity contribution is -0.149. The first-order valence-electron chi connectivity index (χ1n) is 16.9. The first-order chi connectivity index (χ1) is 21.6. The molecular weight excluding hydrogens is 566 g/mol. The van der Waals surface area contributed by atoms with Crippen LogP contribution in [0.25, 0.3) is 0 Å². The molecule has 4 rings (SSSR count). The van der Waals surface area contributed by atoms with Crippen LogP contribution in [0.2, 0.25) is 0 Å². The van der Waals surface area contributed by atoms with Gasteiger partial charge in [-0.25, -0.2) is 0 Å². The molecule has 0 aromatic heterocycles.